The lowest BCUT2D eigenvalue weighted by Gasteiger charge is -2.04. The van der Waals surface area contributed by atoms with Gasteiger partial charge in [-0.1, -0.05) is 29.8 Å². The third-order valence-electron chi connectivity index (χ3n) is 2.53. The predicted octanol–water partition coefficient (Wildman–Crippen LogP) is 3.53. The molecule has 0 saturated heterocycles. The zero-order valence-corrected chi connectivity index (χ0v) is 11.5. The van der Waals surface area contributed by atoms with E-state index in [1.807, 2.05) is 32.2 Å². The molecule has 1 aromatic heterocycles. The van der Waals surface area contributed by atoms with Gasteiger partial charge in [0.15, 0.2) is 0 Å². The third-order valence-corrected chi connectivity index (χ3v) is 3.91. The molecule has 0 unspecified atom stereocenters. The van der Waals surface area contributed by atoms with Crippen molar-refractivity contribution in [3.63, 3.8) is 0 Å². The Morgan fingerprint density at radius 3 is 2.82 bits per heavy atom. The molecule has 1 heterocycles. The fraction of sp³-hybridized carbons (Fsp3) is 0.308. The number of aryl methyl sites for hydroxylation is 1. The minimum Gasteiger partial charge on any atom is -0.319 e. The third kappa shape index (κ3) is 2.86. The fourth-order valence-electron chi connectivity index (χ4n) is 1.74. The van der Waals surface area contributed by atoms with E-state index in [2.05, 4.69) is 16.4 Å². The van der Waals surface area contributed by atoms with Crippen LogP contribution in [0.25, 0.3) is 10.4 Å². The van der Waals surface area contributed by atoms with Gasteiger partial charge in [0, 0.05) is 23.6 Å². The van der Waals surface area contributed by atoms with Crippen molar-refractivity contribution in [2.45, 2.75) is 13.3 Å². The second-order valence-corrected chi connectivity index (χ2v) is 5.45. The Kier molecular flexibility index (Phi) is 4.15. The molecule has 4 heteroatoms. The van der Waals surface area contributed by atoms with Crippen molar-refractivity contribution >= 4 is 22.9 Å². The van der Waals surface area contributed by atoms with Crippen molar-refractivity contribution in [1.29, 1.82) is 0 Å². The fourth-order valence-corrected chi connectivity index (χ4v) is 3.03. The minimum absolute atomic E-state index is 0.793. The molecule has 90 valence electrons. The SMILES string of the molecule is CNCCc1nc(C)sc1-c1ccccc1Cl. The maximum absolute atomic E-state index is 6.24. The lowest BCUT2D eigenvalue weighted by molar-refractivity contribution is 0.779. The van der Waals surface area contributed by atoms with Crippen LogP contribution in [0.15, 0.2) is 24.3 Å². The zero-order valence-electron chi connectivity index (χ0n) is 9.96. The van der Waals surface area contributed by atoms with E-state index >= 15 is 0 Å². The average Bonchev–Trinajstić information content (AvgIpc) is 2.68. The molecule has 2 nitrogen and oxygen atoms in total. The van der Waals surface area contributed by atoms with Gasteiger partial charge in [-0.2, -0.15) is 0 Å². The first-order valence-corrected chi connectivity index (χ1v) is 6.77. The molecular formula is C13H15ClN2S. The molecule has 1 N–H and O–H groups in total. The number of aromatic nitrogens is 1. The van der Waals surface area contributed by atoms with Crippen LogP contribution in [0.2, 0.25) is 5.02 Å². The van der Waals surface area contributed by atoms with Crippen LogP contribution in [0.1, 0.15) is 10.7 Å². The van der Waals surface area contributed by atoms with Crippen LogP contribution >= 0.6 is 22.9 Å². The topological polar surface area (TPSA) is 24.9 Å². The van der Waals surface area contributed by atoms with Gasteiger partial charge < -0.3 is 5.32 Å². The van der Waals surface area contributed by atoms with Crippen molar-refractivity contribution in [3.05, 3.63) is 40.0 Å². The summed E-state index contributed by atoms with van der Waals surface area (Å²) in [5, 5.41) is 5.03. The number of rotatable bonds is 4. The highest BCUT2D eigenvalue weighted by Gasteiger charge is 2.12. The van der Waals surface area contributed by atoms with Crippen LogP contribution in [0.3, 0.4) is 0 Å². The van der Waals surface area contributed by atoms with Crippen molar-refractivity contribution < 1.29 is 0 Å². The highest BCUT2D eigenvalue weighted by Crippen LogP contribution is 2.34. The van der Waals surface area contributed by atoms with Crippen LogP contribution in [0, 0.1) is 6.92 Å². The van der Waals surface area contributed by atoms with E-state index in [-0.39, 0.29) is 0 Å². The van der Waals surface area contributed by atoms with Crippen molar-refractivity contribution in [2.24, 2.45) is 0 Å². The molecular weight excluding hydrogens is 252 g/mol. The van der Waals surface area contributed by atoms with Gasteiger partial charge in [0.1, 0.15) is 0 Å². The molecule has 0 radical (unpaired) electrons. The molecule has 0 fully saturated rings. The van der Waals surface area contributed by atoms with Crippen LogP contribution in [-0.2, 0) is 6.42 Å². The Bertz CT molecular complexity index is 508. The quantitative estimate of drug-likeness (QED) is 0.916. The zero-order chi connectivity index (χ0) is 12.3. The van der Waals surface area contributed by atoms with E-state index in [1.54, 1.807) is 11.3 Å². The van der Waals surface area contributed by atoms with Crippen molar-refractivity contribution in [2.75, 3.05) is 13.6 Å². The molecule has 0 spiro atoms. The first-order valence-electron chi connectivity index (χ1n) is 5.58. The van der Waals surface area contributed by atoms with Crippen LogP contribution in [0.5, 0.6) is 0 Å². The van der Waals surface area contributed by atoms with Crippen molar-refractivity contribution in [3.8, 4) is 10.4 Å². The first kappa shape index (κ1) is 12.6. The molecule has 17 heavy (non-hydrogen) atoms. The number of halogens is 1. The number of thiazole rings is 1. The Balaban J connectivity index is 2.41. The molecule has 0 atom stereocenters. The van der Waals surface area contributed by atoms with E-state index in [0.29, 0.717) is 0 Å². The molecule has 1 aromatic carbocycles. The second-order valence-electron chi connectivity index (χ2n) is 3.84. The summed E-state index contributed by atoms with van der Waals surface area (Å²) in [6.45, 7) is 2.97. The molecule has 2 rings (SSSR count). The Morgan fingerprint density at radius 2 is 2.12 bits per heavy atom. The largest absolute Gasteiger partial charge is 0.319 e. The molecule has 0 amide bonds. The lowest BCUT2D eigenvalue weighted by atomic mass is 10.1. The summed E-state index contributed by atoms with van der Waals surface area (Å²) in [5.74, 6) is 0. The normalized spacial score (nSPS) is 10.8. The highest BCUT2D eigenvalue weighted by atomic mass is 35.5. The van der Waals surface area contributed by atoms with Crippen molar-refractivity contribution in [1.82, 2.24) is 10.3 Å². The van der Waals surface area contributed by atoms with E-state index in [1.165, 1.54) is 4.88 Å². The lowest BCUT2D eigenvalue weighted by Crippen LogP contribution is -2.11. The summed E-state index contributed by atoms with van der Waals surface area (Å²) >= 11 is 7.95. The van der Waals surface area contributed by atoms with Crippen LogP contribution in [-0.4, -0.2) is 18.6 Å². The van der Waals surface area contributed by atoms with Crippen LogP contribution in [0.4, 0.5) is 0 Å². The van der Waals surface area contributed by atoms with E-state index in [9.17, 15) is 0 Å². The van der Waals surface area contributed by atoms with E-state index in [4.69, 9.17) is 11.6 Å². The number of benzene rings is 1. The first-order chi connectivity index (χ1) is 8.22. The van der Waals surface area contributed by atoms with E-state index < -0.39 is 0 Å². The maximum Gasteiger partial charge on any atom is 0.0903 e. The summed E-state index contributed by atoms with van der Waals surface area (Å²) in [6.07, 6.45) is 0.932. The predicted molar refractivity (Wildman–Crippen MR) is 74.9 cm³/mol. The summed E-state index contributed by atoms with van der Waals surface area (Å²) in [4.78, 5) is 5.78. The monoisotopic (exact) mass is 266 g/mol. The minimum atomic E-state index is 0.793. The van der Waals surface area contributed by atoms with Gasteiger partial charge in [0.2, 0.25) is 0 Å². The standard InChI is InChI=1S/C13H15ClN2S/c1-9-16-12(7-8-15-2)13(17-9)10-5-3-4-6-11(10)14/h3-6,15H,7-8H2,1-2H3. The smallest absolute Gasteiger partial charge is 0.0903 e. The van der Waals surface area contributed by atoms with Gasteiger partial charge in [-0.3, -0.25) is 0 Å². The molecule has 0 aliphatic carbocycles. The molecule has 0 saturated carbocycles. The van der Waals surface area contributed by atoms with Gasteiger partial charge in [-0.25, -0.2) is 4.98 Å². The van der Waals surface area contributed by atoms with Gasteiger partial charge in [0.25, 0.3) is 0 Å². The Hall–Kier alpha value is -0.900. The van der Waals surface area contributed by atoms with Gasteiger partial charge in [-0.05, 0) is 20.0 Å². The number of likely N-dealkylation sites (N-methyl/N-ethyl adjacent to an activating group) is 1. The molecule has 2 aromatic rings. The summed E-state index contributed by atoms with van der Waals surface area (Å²) in [6, 6.07) is 7.94. The average molecular weight is 267 g/mol. The summed E-state index contributed by atoms with van der Waals surface area (Å²) in [7, 11) is 1.95. The van der Waals surface area contributed by atoms with Crippen LogP contribution < -0.4 is 5.32 Å². The number of nitrogens with zero attached hydrogens (tertiary/aromatic N) is 1. The van der Waals surface area contributed by atoms with Gasteiger partial charge in [-0.15, -0.1) is 11.3 Å². The maximum atomic E-state index is 6.24. The van der Waals surface area contributed by atoms with Gasteiger partial charge >= 0.3 is 0 Å². The molecule has 0 bridgehead atoms. The Morgan fingerprint density at radius 1 is 1.35 bits per heavy atom. The Labute approximate surface area is 111 Å². The number of hydrogen-bond acceptors (Lipinski definition) is 3. The number of nitrogens with one attached hydrogen (secondary N) is 1. The van der Waals surface area contributed by atoms with E-state index in [0.717, 1.165) is 34.3 Å². The second kappa shape index (κ2) is 5.63. The van der Waals surface area contributed by atoms with Gasteiger partial charge in [0.05, 0.1) is 15.6 Å². The highest BCUT2D eigenvalue weighted by molar-refractivity contribution is 7.15. The molecule has 0 aliphatic heterocycles. The summed E-state index contributed by atoms with van der Waals surface area (Å²) < 4.78 is 0. The molecule has 0 aliphatic rings. The summed E-state index contributed by atoms with van der Waals surface area (Å²) in [5.41, 5.74) is 2.22. The number of hydrogen-bond donors (Lipinski definition) is 1.